The maximum absolute atomic E-state index is 12.8. The topological polar surface area (TPSA) is 86.4 Å². The number of nitrogens with zero attached hydrogens (tertiary/aromatic N) is 2. The second kappa shape index (κ2) is 10.4. The fraction of sp³-hybridized carbons (Fsp3) is 0.240. The number of hydrogen-bond acceptors (Lipinski definition) is 5. The predicted octanol–water partition coefficient (Wildman–Crippen LogP) is 5.08. The van der Waals surface area contributed by atoms with Crippen LogP contribution in [0.2, 0.25) is 10.0 Å². The van der Waals surface area contributed by atoms with Crippen LogP contribution in [0.3, 0.4) is 0 Å². The Morgan fingerprint density at radius 1 is 0.912 bits per heavy atom. The third kappa shape index (κ3) is 5.86. The summed E-state index contributed by atoms with van der Waals surface area (Å²) in [6.45, 7) is 6.00. The van der Waals surface area contributed by atoms with Crippen LogP contribution in [0, 0.1) is 0 Å². The van der Waals surface area contributed by atoms with Gasteiger partial charge in [0.05, 0.1) is 16.3 Å². The summed E-state index contributed by atoms with van der Waals surface area (Å²) in [5.41, 5.74) is 1.75. The summed E-state index contributed by atoms with van der Waals surface area (Å²) in [5.74, 6) is 0.201. The number of amides is 2. The van der Waals surface area contributed by atoms with E-state index in [-0.39, 0.29) is 11.8 Å². The molecule has 3 aromatic rings. The third-order valence-electron chi connectivity index (χ3n) is 5.47. The number of pyridine rings is 1. The molecule has 1 fully saturated rings. The molecule has 4 rings (SSSR count). The van der Waals surface area contributed by atoms with Gasteiger partial charge in [-0.3, -0.25) is 9.59 Å². The molecule has 0 saturated carbocycles. The first kappa shape index (κ1) is 24.0. The molecule has 1 aliphatic heterocycles. The van der Waals surface area contributed by atoms with E-state index in [1.807, 2.05) is 6.07 Å². The van der Waals surface area contributed by atoms with Gasteiger partial charge in [-0.05, 0) is 68.4 Å². The van der Waals surface area contributed by atoms with Crippen molar-refractivity contribution in [2.75, 3.05) is 28.6 Å². The summed E-state index contributed by atoms with van der Waals surface area (Å²) < 4.78 is 0. The van der Waals surface area contributed by atoms with Crippen LogP contribution in [-0.4, -0.2) is 42.0 Å². The van der Waals surface area contributed by atoms with E-state index in [1.54, 1.807) is 54.7 Å². The second-order valence-electron chi connectivity index (χ2n) is 8.39. The van der Waals surface area contributed by atoms with E-state index < -0.39 is 0 Å². The van der Waals surface area contributed by atoms with Gasteiger partial charge in [-0.1, -0.05) is 23.2 Å². The van der Waals surface area contributed by atoms with Crippen molar-refractivity contribution in [2.45, 2.75) is 25.9 Å². The molecule has 3 N–H and O–H groups in total. The van der Waals surface area contributed by atoms with Crippen LogP contribution >= 0.6 is 23.2 Å². The second-order valence-corrected chi connectivity index (χ2v) is 9.23. The molecular formula is C25H25Cl2N5O2. The number of benzene rings is 2. The lowest BCUT2D eigenvalue weighted by Crippen LogP contribution is -2.54. The monoisotopic (exact) mass is 497 g/mol. The molecule has 7 nitrogen and oxygen atoms in total. The third-order valence-corrected chi connectivity index (χ3v) is 6.05. The van der Waals surface area contributed by atoms with Gasteiger partial charge in [-0.15, -0.1) is 0 Å². The number of halogens is 2. The Kier molecular flexibility index (Phi) is 7.36. The van der Waals surface area contributed by atoms with Crippen molar-refractivity contribution in [1.29, 1.82) is 0 Å². The molecule has 1 aromatic heterocycles. The number of aromatic nitrogens is 1. The van der Waals surface area contributed by atoms with Crippen LogP contribution in [0.5, 0.6) is 0 Å². The molecule has 0 bridgehead atoms. The smallest absolute Gasteiger partial charge is 0.257 e. The van der Waals surface area contributed by atoms with Crippen LogP contribution < -0.4 is 20.9 Å². The van der Waals surface area contributed by atoms with Crippen LogP contribution in [-0.2, 0) is 0 Å². The molecule has 0 aliphatic carbocycles. The molecule has 2 heterocycles. The molecule has 9 heteroatoms. The summed E-state index contributed by atoms with van der Waals surface area (Å²) >= 11 is 12.1. The van der Waals surface area contributed by atoms with Crippen molar-refractivity contribution in [3.8, 4) is 0 Å². The lowest BCUT2D eigenvalue weighted by Gasteiger charge is -2.36. The Morgan fingerprint density at radius 2 is 1.56 bits per heavy atom. The van der Waals surface area contributed by atoms with E-state index in [0.717, 1.165) is 18.9 Å². The molecule has 34 heavy (non-hydrogen) atoms. The summed E-state index contributed by atoms with van der Waals surface area (Å²) in [6, 6.07) is 15.8. The highest BCUT2D eigenvalue weighted by atomic mass is 35.5. The number of anilines is 3. The summed E-state index contributed by atoms with van der Waals surface area (Å²) in [5, 5.41) is 9.98. The fourth-order valence-corrected chi connectivity index (χ4v) is 4.21. The Balaban J connectivity index is 1.43. The Labute approximate surface area is 208 Å². The van der Waals surface area contributed by atoms with Gasteiger partial charge in [0.2, 0.25) is 0 Å². The van der Waals surface area contributed by atoms with E-state index in [2.05, 4.69) is 39.7 Å². The van der Waals surface area contributed by atoms with E-state index in [1.165, 1.54) is 0 Å². The van der Waals surface area contributed by atoms with Crippen LogP contribution in [0.4, 0.5) is 17.2 Å². The molecule has 2 atom stereocenters. The molecule has 2 amide bonds. The Hall–Kier alpha value is -3.13. The number of carbonyl (C=O) groups excluding carboxylic acids is 2. The number of piperazine rings is 1. The molecular weight excluding hydrogens is 473 g/mol. The number of carbonyl (C=O) groups is 2. The molecule has 2 aromatic carbocycles. The first-order valence-electron chi connectivity index (χ1n) is 10.9. The predicted molar refractivity (Wildman–Crippen MR) is 137 cm³/mol. The van der Waals surface area contributed by atoms with Crippen molar-refractivity contribution in [3.05, 3.63) is 82.0 Å². The minimum absolute atomic E-state index is 0.307. The minimum Gasteiger partial charge on any atom is -0.354 e. The van der Waals surface area contributed by atoms with Gasteiger partial charge >= 0.3 is 0 Å². The summed E-state index contributed by atoms with van der Waals surface area (Å²) in [6.07, 6.45) is 1.57. The zero-order valence-corrected chi connectivity index (χ0v) is 20.3. The van der Waals surface area contributed by atoms with Gasteiger partial charge in [0.15, 0.2) is 0 Å². The van der Waals surface area contributed by atoms with Crippen molar-refractivity contribution < 1.29 is 9.59 Å². The molecule has 2 unspecified atom stereocenters. The van der Waals surface area contributed by atoms with Gasteiger partial charge < -0.3 is 20.9 Å². The van der Waals surface area contributed by atoms with Crippen molar-refractivity contribution in [2.24, 2.45) is 0 Å². The SMILES string of the molecule is CC1CN(c2ccc(C(=O)Nc3ccc(Cl)c(NC(=O)c4ccc(Cl)cc4)c3)cn2)CC(C)N1. The van der Waals surface area contributed by atoms with Crippen molar-refractivity contribution in [1.82, 2.24) is 10.3 Å². The molecule has 176 valence electrons. The highest BCUT2D eigenvalue weighted by Crippen LogP contribution is 2.27. The Morgan fingerprint density at radius 3 is 2.21 bits per heavy atom. The zero-order chi connectivity index (χ0) is 24.2. The van der Waals surface area contributed by atoms with Crippen LogP contribution in [0.15, 0.2) is 60.8 Å². The zero-order valence-electron chi connectivity index (χ0n) is 18.8. The average Bonchev–Trinajstić information content (AvgIpc) is 2.81. The maximum atomic E-state index is 12.8. The van der Waals surface area contributed by atoms with E-state index in [4.69, 9.17) is 23.2 Å². The number of hydrogen-bond donors (Lipinski definition) is 3. The quantitative estimate of drug-likeness (QED) is 0.457. The van der Waals surface area contributed by atoms with Crippen LogP contribution in [0.1, 0.15) is 34.6 Å². The molecule has 0 spiro atoms. The standard InChI is InChI=1S/C25H25Cl2N5O2/c1-15-13-32(14-16(2)29-15)23-10-5-18(12-28-23)25(34)30-20-8-9-21(27)22(11-20)31-24(33)17-3-6-19(26)7-4-17/h3-12,15-16,29H,13-14H2,1-2H3,(H,30,34)(H,31,33). The van der Waals surface area contributed by atoms with E-state index in [9.17, 15) is 9.59 Å². The summed E-state index contributed by atoms with van der Waals surface area (Å²) in [4.78, 5) is 32.0. The lowest BCUT2D eigenvalue weighted by molar-refractivity contribution is 0.101. The summed E-state index contributed by atoms with van der Waals surface area (Å²) in [7, 11) is 0. The van der Waals surface area contributed by atoms with Gasteiger partial charge in [0, 0.05) is 47.6 Å². The lowest BCUT2D eigenvalue weighted by atomic mass is 10.1. The first-order chi connectivity index (χ1) is 16.3. The first-order valence-corrected chi connectivity index (χ1v) is 11.7. The highest BCUT2D eigenvalue weighted by molar-refractivity contribution is 6.34. The molecule has 0 radical (unpaired) electrons. The largest absolute Gasteiger partial charge is 0.354 e. The van der Waals surface area contributed by atoms with E-state index in [0.29, 0.717) is 44.6 Å². The molecule has 1 saturated heterocycles. The van der Waals surface area contributed by atoms with E-state index >= 15 is 0 Å². The van der Waals surface area contributed by atoms with Crippen molar-refractivity contribution in [3.63, 3.8) is 0 Å². The van der Waals surface area contributed by atoms with Gasteiger partial charge in [0.25, 0.3) is 11.8 Å². The van der Waals surface area contributed by atoms with Gasteiger partial charge in [-0.2, -0.15) is 0 Å². The fourth-order valence-electron chi connectivity index (χ4n) is 3.92. The average molecular weight is 498 g/mol. The van der Waals surface area contributed by atoms with Crippen LogP contribution in [0.25, 0.3) is 0 Å². The van der Waals surface area contributed by atoms with Crippen molar-refractivity contribution >= 4 is 52.2 Å². The minimum atomic E-state index is -0.335. The number of rotatable bonds is 5. The Bertz CT molecular complexity index is 1170. The van der Waals surface area contributed by atoms with Gasteiger partial charge in [0.1, 0.15) is 5.82 Å². The van der Waals surface area contributed by atoms with Gasteiger partial charge in [-0.25, -0.2) is 4.98 Å². The highest BCUT2D eigenvalue weighted by Gasteiger charge is 2.22. The normalized spacial score (nSPS) is 17.8. The molecule has 1 aliphatic rings. The number of nitrogens with one attached hydrogen (secondary N) is 3. The maximum Gasteiger partial charge on any atom is 0.257 e.